The number of hydrogen-bond donors (Lipinski definition) is 1. The zero-order valence-electron chi connectivity index (χ0n) is 8.96. The van der Waals surface area contributed by atoms with Crippen LogP contribution in [0, 0.1) is 5.92 Å². The van der Waals surface area contributed by atoms with Crippen molar-refractivity contribution in [1.29, 1.82) is 0 Å². The maximum Gasteiger partial charge on any atom is 0.0949 e. The molecule has 1 aromatic heterocycles. The van der Waals surface area contributed by atoms with E-state index in [0.717, 1.165) is 13.0 Å². The van der Waals surface area contributed by atoms with Gasteiger partial charge in [-0.25, -0.2) is 4.98 Å². The van der Waals surface area contributed by atoms with Gasteiger partial charge in [-0.1, -0.05) is 13.8 Å². The van der Waals surface area contributed by atoms with Crippen molar-refractivity contribution < 1.29 is 0 Å². The Hall–Kier alpha value is -0.830. The molecule has 0 bridgehead atoms. The van der Waals surface area contributed by atoms with Crippen molar-refractivity contribution in [2.45, 2.75) is 26.8 Å². The van der Waals surface area contributed by atoms with Gasteiger partial charge in [0.05, 0.1) is 12.0 Å². The van der Waals surface area contributed by atoms with Gasteiger partial charge in [-0.2, -0.15) is 0 Å². The first-order valence-corrected chi connectivity index (χ1v) is 4.78. The molecule has 1 N–H and O–H groups in total. The molecular weight excluding hydrogens is 162 g/mol. The molecule has 1 rings (SSSR count). The van der Waals surface area contributed by atoms with Crippen LogP contribution in [0.1, 0.15) is 25.2 Å². The lowest BCUT2D eigenvalue weighted by atomic mass is 10.1. The molecule has 0 unspecified atom stereocenters. The van der Waals surface area contributed by atoms with Crippen LogP contribution < -0.4 is 5.32 Å². The van der Waals surface area contributed by atoms with Gasteiger partial charge in [0.1, 0.15) is 0 Å². The summed E-state index contributed by atoms with van der Waals surface area (Å²) in [6, 6.07) is 0. The number of rotatable bonds is 4. The van der Waals surface area contributed by atoms with Crippen LogP contribution in [0.15, 0.2) is 6.33 Å². The Morgan fingerprint density at radius 3 is 2.77 bits per heavy atom. The quantitative estimate of drug-likeness (QED) is 0.759. The monoisotopic (exact) mass is 181 g/mol. The Balaban J connectivity index is 2.81. The summed E-state index contributed by atoms with van der Waals surface area (Å²) in [5, 5.41) is 3.14. The average molecular weight is 181 g/mol. The van der Waals surface area contributed by atoms with Crippen LogP contribution in [0.2, 0.25) is 0 Å². The molecule has 0 aromatic carbocycles. The third kappa shape index (κ3) is 2.56. The minimum Gasteiger partial charge on any atom is -0.337 e. The predicted octanol–water partition coefficient (Wildman–Crippen LogP) is 1.34. The third-order valence-corrected chi connectivity index (χ3v) is 2.09. The van der Waals surface area contributed by atoms with Crippen molar-refractivity contribution in [3.8, 4) is 0 Å². The smallest absolute Gasteiger partial charge is 0.0949 e. The number of nitrogens with one attached hydrogen (secondary N) is 1. The van der Waals surface area contributed by atoms with Crippen molar-refractivity contribution in [2.24, 2.45) is 13.0 Å². The van der Waals surface area contributed by atoms with Gasteiger partial charge in [0.15, 0.2) is 0 Å². The van der Waals surface area contributed by atoms with E-state index in [1.807, 2.05) is 13.4 Å². The second kappa shape index (κ2) is 4.42. The van der Waals surface area contributed by atoms with E-state index in [9.17, 15) is 0 Å². The zero-order valence-corrected chi connectivity index (χ0v) is 8.96. The van der Waals surface area contributed by atoms with Gasteiger partial charge in [0.25, 0.3) is 0 Å². The van der Waals surface area contributed by atoms with Crippen LogP contribution >= 0.6 is 0 Å². The van der Waals surface area contributed by atoms with E-state index in [4.69, 9.17) is 0 Å². The van der Waals surface area contributed by atoms with Gasteiger partial charge in [0, 0.05) is 19.3 Å². The summed E-state index contributed by atoms with van der Waals surface area (Å²) in [5.74, 6) is 0.686. The van der Waals surface area contributed by atoms with Crippen LogP contribution in [0.3, 0.4) is 0 Å². The molecule has 1 heterocycles. The summed E-state index contributed by atoms with van der Waals surface area (Å²) in [6.07, 6.45) is 3.00. The average Bonchev–Trinajstić information content (AvgIpc) is 2.36. The summed E-state index contributed by atoms with van der Waals surface area (Å²) < 4.78 is 2.12. The maximum absolute atomic E-state index is 4.36. The van der Waals surface area contributed by atoms with E-state index in [2.05, 4.69) is 35.8 Å². The number of imidazole rings is 1. The first kappa shape index (κ1) is 10.3. The topological polar surface area (TPSA) is 29.9 Å². The molecule has 0 radical (unpaired) electrons. The van der Waals surface area contributed by atoms with Gasteiger partial charge in [-0.05, 0) is 19.4 Å². The van der Waals surface area contributed by atoms with E-state index in [1.165, 1.54) is 11.4 Å². The fourth-order valence-corrected chi connectivity index (χ4v) is 1.47. The van der Waals surface area contributed by atoms with Crippen molar-refractivity contribution in [1.82, 2.24) is 14.9 Å². The standard InChI is InChI=1S/C10H19N3/c1-8(2)5-10-9(6-11-3)12-7-13(10)4/h7-8,11H,5-6H2,1-4H3. The lowest BCUT2D eigenvalue weighted by molar-refractivity contribution is 0.607. The molecule has 0 saturated carbocycles. The molecular formula is C10H19N3. The Morgan fingerprint density at radius 1 is 1.54 bits per heavy atom. The Bertz CT molecular complexity index is 263. The van der Waals surface area contributed by atoms with Gasteiger partial charge in [-0.15, -0.1) is 0 Å². The number of hydrogen-bond acceptors (Lipinski definition) is 2. The molecule has 0 saturated heterocycles. The molecule has 0 aliphatic carbocycles. The van der Waals surface area contributed by atoms with Crippen LogP contribution in [-0.4, -0.2) is 16.6 Å². The zero-order chi connectivity index (χ0) is 9.84. The predicted molar refractivity (Wildman–Crippen MR) is 54.5 cm³/mol. The molecule has 0 spiro atoms. The SMILES string of the molecule is CNCc1ncn(C)c1CC(C)C. The Kier molecular flexibility index (Phi) is 3.48. The lowest BCUT2D eigenvalue weighted by Crippen LogP contribution is -2.10. The van der Waals surface area contributed by atoms with E-state index in [0.29, 0.717) is 5.92 Å². The summed E-state index contributed by atoms with van der Waals surface area (Å²) >= 11 is 0. The highest BCUT2D eigenvalue weighted by Gasteiger charge is 2.09. The highest BCUT2D eigenvalue weighted by Crippen LogP contribution is 2.11. The summed E-state index contributed by atoms with van der Waals surface area (Å²) in [6.45, 7) is 5.33. The van der Waals surface area contributed by atoms with Gasteiger partial charge < -0.3 is 9.88 Å². The summed E-state index contributed by atoms with van der Waals surface area (Å²) in [5.41, 5.74) is 2.53. The number of nitrogens with zero attached hydrogens (tertiary/aromatic N) is 2. The van der Waals surface area contributed by atoms with Crippen LogP contribution in [0.4, 0.5) is 0 Å². The second-order valence-electron chi connectivity index (χ2n) is 3.88. The molecule has 0 aliphatic heterocycles. The first-order valence-electron chi connectivity index (χ1n) is 4.78. The van der Waals surface area contributed by atoms with E-state index in [-0.39, 0.29) is 0 Å². The van der Waals surface area contributed by atoms with Crippen molar-refractivity contribution in [3.05, 3.63) is 17.7 Å². The molecule has 0 amide bonds. The molecule has 0 aliphatic rings. The van der Waals surface area contributed by atoms with Crippen LogP contribution in [-0.2, 0) is 20.0 Å². The van der Waals surface area contributed by atoms with E-state index >= 15 is 0 Å². The molecule has 13 heavy (non-hydrogen) atoms. The lowest BCUT2D eigenvalue weighted by Gasteiger charge is -2.08. The minimum atomic E-state index is 0.686. The molecule has 74 valence electrons. The van der Waals surface area contributed by atoms with Gasteiger partial charge in [0.2, 0.25) is 0 Å². The number of aryl methyl sites for hydroxylation is 1. The summed E-state index contributed by atoms with van der Waals surface area (Å²) in [4.78, 5) is 4.36. The fraction of sp³-hybridized carbons (Fsp3) is 0.700. The van der Waals surface area contributed by atoms with Gasteiger partial charge in [-0.3, -0.25) is 0 Å². The largest absolute Gasteiger partial charge is 0.337 e. The Labute approximate surface area is 80.2 Å². The van der Waals surface area contributed by atoms with Crippen molar-refractivity contribution in [3.63, 3.8) is 0 Å². The van der Waals surface area contributed by atoms with Gasteiger partial charge >= 0.3 is 0 Å². The molecule has 1 aromatic rings. The fourth-order valence-electron chi connectivity index (χ4n) is 1.47. The minimum absolute atomic E-state index is 0.686. The highest BCUT2D eigenvalue weighted by atomic mass is 15.0. The van der Waals surface area contributed by atoms with Crippen molar-refractivity contribution >= 4 is 0 Å². The number of aromatic nitrogens is 2. The van der Waals surface area contributed by atoms with Crippen LogP contribution in [0.25, 0.3) is 0 Å². The maximum atomic E-state index is 4.36. The first-order chi connectivity index (χ1) is 6.15. The van der Waals surface area contributed by atoms with Crippen molar-refractivity contribution in [2.75, 3.05) is 7.05 Å². The van der Waals surface area contributed by atoms with E-state index < -0.39 is 0 Å². The van der Waals surface area contributed by atoms with E-state index in [1.54, 1.807) is 0 Å². The normalized spacial score (nSPS) is 11.2. The Morgan fingerprint density at radius 2 is 2.23 bits per heavy atom. The molecule has 3 nitrogen and oxygen atoms in total. The second-order valence-corrected chi connectivity index (χ2v) is 3.88. The third-order valence-electron chi connectivity index (χ3n) is 2.09. The molecule has 0 atom stereocenters. The van der Waals surface area contributed by atoms with Crippen LogP contribution in [0.5, 0.6) is 0 Å². The highest BCUT2D eigenvalue weighted by molar-refractivity contribution is 5.13. The summed E-state index contributed by atoms with van der Waals surface area (Å²) in [7, 11) is 4.01. The molecule has 0 fully saturated rings. The molecule has 3 heteroatoms.